The Morgan fingerprint density at radius 3 is 2.55 bits per heavy atom. The highest BCUT2D eigenvalue weighted by molar-refractivity contribution is 7.99. The van der Waals surface area contributed by atoms with Gasteiger partial charge in [0.25, 0.3) is 5.56 Å². The second-order valence-corrected chi connectivity index (χ2v) is 8.42. The smallest absolute Gasteiger partial charge is 0.262 e. The summed E-state index contributed by atoms with van der Waals surface area (Å²) in [4.78, 5) is 13.0. The van der Waals surface area contributed by atoms with Gasteiger partial charge in [0.1, 0.15) is 5.75 Å². The van der Waals surface area contributed by atoms with E-state index in [1.54, 1.807) is 23.4 Å². The monoisotopic (exact) mass is 438 g/mol. The highest BCUT2D eigenvalue weighted by Crippen LogP contribution is 2.24. The molecule has 2 aromatic carbocycles. The molecule has 0 bridgehead atoms. The van der Waals surface area contributed by atoms with Gasteiger partial charge < -0.3 is 9.47 Å². The summed E-state index contributed by atoms with van der Waals surface area (Å²) >= 11 is 1.57. The number of fused-ring (bicyclic) bond motifs is 3. The Morgan fingerprint density at radius 2 is 1.77 bits per heavy atom. The molecule has 0 spiro atoms. The molecular formula is C23H26N4O3S. The summed E-state index contributed by atoms with van der Waals surface area (Å²) in [6.45, 7) is 5.76. The lowest BCUT2D eigenvalue weighted by Crippen LogP contribution is -2.24. The molecule has 0 radical (unpaired) electrons. The summed E-state index contributed by atoms with van der Waals surface area (Å²) in [7, 11) is 1.66. The van der Waals surface area contributed by atoms with Crippen LogP contribution in [-0.2, 0) is 11.3 Å². The van der Waals surface area contributed by atoms with Crippen molar-refractivity contribution in [3.05, 3.63) is 63.9 Å². The molecule has 8 heteroatoms. The second kappa shape index (κ2) is 9.53. The van der Waals surface area contributed by atoms with Gasteiger partial charge in [-0.05, 0) is 43.5 Å². The molecule has 0 unspecified atom stereocenters. The van der Waals surface area contributed by atoms with Crippen LogP contribution in [0.15, 0.2) is 52.4 Å². The number of benzene rings is 2. The summed E-state index contributed by atoms with van der Waals surface area (Å²) < 4.78 is 14.8. The Balaban J connectivity index is 1.61. The van der Waals surface area contributed by atoms with E-state index in [2.05, 4.69) is 36.2 Å². The Bertz CT molecular complexity index is 1240. The molecule has 31 heavy (non-hydrogen) atoms. The largest absolute Gasteiger partial charge is 0.492 e. The first-order valence-electron chi connectivity index (χ1n) is 10.3. The van der Waals surface area contributed by atoms with E-state index in [1.165, 1.54) is 0 Å². The molecule has 0 aliphatic carbocycles. The van der Waals surface area contributed by atoms with Crippen LogP contribution in [0.4, 0.5) is 0 Å². The van der Waals surface area contributed by atoms with Gasteiger partial charge in [0.05, 0.1) is 17.5 Å². The number of aryl methyl sites for hydroxylation is 3. The van der Waals surface area contributed by atoms with Crippen LogP contribution in [0.3, 0.4) is 0 Å². The van der Waals surface area contributed by atoms with Crippen LogP contribution in [0.25, 0.3) is 16.7 Å². The number of aromatic nitrogens is 4. The lowest BCUT2D eigenvalue weighted by atomic mass is 10.1. The Labute approximate surface area is 185 Å². The molecule has 162 valence electrons. The number of rotatable bonds is 9. The predicted octanol–water partition coefficient (Wildman–Crippen LogP) is 3.87. The number of thioether (sulfide) groups is 1. The molecular weight excluding hydrogens is 412 g/mol. The maximum atomic E-state index is 13.0. The van der Waals surface area contributed by atoms with Gasteiger partial charge in [0.15, 0.2) is 5.16 Å². The van der Waals surface area contributed by atoms with E-state index < -0.39 is 0 Å². The van der Waals surface area contributed by atoms with Crippen LogP contribution < -0.4 is 10.3 Å². The van der Waals surface area contributed by atoms with E-state index in [0.29, 0.717) is 36.7 Å². The first-order chi connectivity index (χ1) is 15.1. The lowest BCUT2D eigenvalue weighted by Gasteiger charge is -2.12. The second-order valence-electron chi connectivity index (χ2n) is 7.36. The van der Waals surface area contributed by atoms with Crippen LogP contribution in [0.5, 0.6) is 5.75 Å². The molecule has 0 fully saturated rings. The third-order valence-electron chi connectivity index (χ3n) is 5.18. The fourth-order valence-corrected chi connectivity index (χ4v) is 4.46. The summed E-state index contributed by atoms with van der Waals surface area (Å²) in [5, 5.41) is 10.1. The fraction of sp³-hybridized carbons (Fsp3) is 0.348. The van der Waals surface area contributed by atoms with Crippen LogP contribution >= 0.6 is 11.8 Å². The van der Waals surface area contributed by atoms with Crippen molar-refractivity contribution in [2.75, 3.05) is 26.1 Å². The van der Waals surface area contributed by atoms with Crippen LogP contribution in [-0.4, -0.2) is 45.2 Å². The average Bonchev–Trinajstić information content (AvgIpc) is 3.19. The molecule has 2 aromatic heterocycles. The molecule has 0 atom stereocenters. The van der Waals surface area contributed by atoms with Gasteiger partial charge in [-0.15, -0.1) is 10.2 Å². The number of hydrogen-bond donors (Lipinski definition) is 0. The van der Waals surface area contributed by atoms with Gasteiger partial charge in [-0.1, -0.05) is 42.1 Å². The zero-order valence-corrected chi connectivity index (χ0v) is 18.8. The Kier molecular flexibility index (Phi) is 6.58. The third kappa shape index (κ3) is 4.31. The minimum atomic E-state index is -0.0542. The zero-order chi connectivity index (χ0) is 21.8. The fourth-order valence-electron chi connectivity index (χ4n) is 3.70. The van der Waals surface area contributed by atoms with E-state index in [0.717, 1.165) is 34.0 Å². The molecule has 0 amide bonds. The van der Waals surface area contributed by atoms with Crippen molar-refractivity contribution >= 4 is 28.4 Å². The number of hydrogen-bond acceptors (Lipinski definition) is 6. The SMILES string of the molecule is COCCCn1c(=O)c2ccccc2n2c(SCCOc3c(C)cccc3C)nnc12. The number of para-hydroxylation sites is 2. The molecule has 0 saturated heterocycles. The van der Waals surface area contributed by atoms with Crippen molar-refractivity contribution in [2.45, 2.75) is 32.0 Å². The third-order valence-corrected chi connectivity index (χ3v) is 6.07. The van der Waals surface area contributed by atoms with Gasteiger partial charge in [0.2, 0.25) is 5.78 Å². The minimum Gasteiger partial charge on any atom is -0.492 e. The van der Waals surface area contributed by atoms with Crippen molar-refractivity contribution in [1.29, 1.82) is 0 Å². The van der Waals surface area contributed by atoms with Crippen molar-refractivity contribution in [3.63, 3.8) is 0 Å². The molecule has 4 rings (SSSR count). The number of methoxy groups -OCH3 is 1. The Morgan fingerprint density at radius 1 is 1.00 bits per heavy atom. The van der Waals surface area contributed by atoms with E-state index >= 15 is 0 Å². The predicted molar refractivity (Wildman–Crippen MR) is 123 cm³/mol. The molecule has 0 saturated carbocycles. The van der Waals surface area contributed by atoms with Gasteiger partial charge in [-0.25, -0.2) is 0 Å². The number of nitrogens with zero attached hydrogens (tertiary/aromatic N) is 4. The van der Waals surface area contributed by atoms with Crippen LogP contribution in [0.1, 0.15) is 17.5 Å². The molecule has 0 N–H and O–H groups in total. The van der Waals surface area contributed by atoms with E-state index in [4.69, 9.17) is 9.47 Å². The molecule has 7 nitrogen and oxygen atoms in total. The van der Waals surface area contributed by atoms with Crippen LogP contribution in [0, 0.1) is 13.8 Å². The van der Waals surface area contributed by atoms with E-state index in [-0.39, 0.29) is 5.56 Å². The van der Waals surface area contributed by atoms with Crippen LogP contribution in [0.2, 0.25) is 0 Å². The summed E-state index contributed by atoms with van der Waals surface area (Å²) in [5.74, 6) is 2.20. The van der Waals surface area contributed by atoms with Crippen molar-refractivity contribution in [2.24, 2.45) is 0 Å². The van der Waals surface area contributed by atoms with Gasteiger partial charge in [-0.2, -0.15) is 0 Å². The van der Waals surface area contributed by atoms with Gasteiger partial charge in [-0.3, -0.25) is 13.8 Å². The topological polar surface area (TPSA) is 70.7 Å². The van der Waals surface area contributed by atoms with Gasteiger partial charge >= 0.3 is 0 Å². The zero-order valence-electron chi connectivity index (χ0n) is 18.0. The summed E-state index contributed by atoms with van der Waals surface area (Å²) in [6, 6.07) is 13.7. The normalized spacial score (nSPS) is 11.5. The standard InChI is InChI=1S/C23H26N4O3S/c1-16-8-6-9-17(2)20(16)30-14-15-31-23-25-24-22-26(12-7-13-29-3)21(28)18-10-4-5-11-19(18)27(22)23/h4-6,8-11H,7,12-15H2,1-3H3. The summed E-state index contributed by atoms with van der Waals surface area (Å²) in [6.07, 6.45) is 0.726. The van der Waals surface area contributed by atoms with Gasteiger partial charge in [0, 0.05) is 26.0 Å². The first kappa shape index (κ1) is 21.4. The van der Waals surface area contributed by atoms with Crippen molar-refractivity contribution in [3.8, 4) is 5.75 Å². The highest BCUT2D eigenvalue weighted by atomic mass is 32.2. The van der Waals surface area contributed by atoms with E-state index in [9.17, 15) is 4.79 Å². The average molecular weight is 439 g/mol. The molecule has 0 aliphatic rings. The summed E-state index contributed by atoms with van der Waals surface area (Å²) in [5.41, 5.74) is 3.02. The first-order valence-corrected chi connectivity index (χ1v) is 11.3. The minimum absolute atomic E-state index is 0.0542. The maximum absolute atomic E-state index is 13.0. The molecule has 0 aliphatic heterocycles. The Hall–Kier alpha value is -2.84. The quantitative estimate of drug-likeness (QED) is 0.292. The highest BCUT2D eigenvalue weighted by Gasteiger charge is 2.16. The van der Waals surface area contributed by atoms with Crippen molar-refractivity contribution < 1.29 is 9.47 Å². The lowest BCUT2D eigenvalue weighted by molar-refractivity contribution is 0.190. The van der Waals surface area contributed by atoms with E-state index in [1.807, 2.05) is 34.7 Å². The molecule has 2 heterocycles. The maximum Gasteiger partial charge on any atom is 0.262 e. The van der Waals surface area contributed by atoms with Crippen molar-refractivity contribution in [1.82, 2.24) is 19.2 Å². The molecule has 4 aromatic rings. The number of ether oxygens (including phenoxy) is 2.